The van der Waals surface area contributed by atoms with E-state index in [0.717, 1.165) is 15.4 Å². The molecular formula is C23H20N2O4S. The first kappa shape index (κ1) is 19.7. The minimum atomic E-state index is -4.01. The summed E-state index contributed by atoms with van der Waals surface area (Å²) in [5, 5.41) is 0. The number of sulfonamides is 1. The predicted molar refractivity (Wildman–Crippen MR) is 116 cm³/mol. The molecule has 4 rings (SSSR count). The highest BCUT2D eigenvalue weighted by molar-refractivity contribution is 7.93. The quantitative estimate of drug-likeness (QED) is 0.412. The molecule has 3 aromatic carbocycles. The summed E-state index contributed by atoms with van der Waals surface area (Å²) in [6, 6.07) is 22.9. The highest BCUT2D eigenvalue weighted by Crippen LogP contribution is 2.29. The van der Waals surface area contributed by atoms with Crippen molar-refractivity contribution in [1.29, 1.82) is 0 Å². The highest BCUT2D eigenvalue weighted by Gasteiger charge is 2.29. The summed E-state index contributed by atoms with van der Waals surface area (Å²) in [7, 11) is -2.52. The van der Waals surface area contributed by atoms with Gasteiger partial charge in [0.05, 0.1) is 18.2 Å². The van der Waals surface area contributed by atoms with Crippen LogP contribution >= 0.6 is 0 Å². The van der Waals surface area contributed by atoms with Gasteiger partial charge >= 0.3 is 6.01 Å². The van der Waals surface area contributed by atoms with Gasteiger partial charge in [0.15, 0.2) is 5.58 Å². The summed E-state index contributed by atoms with van der Waals surface area (Å²) in [6.07, 6.45) is 1.38. The third kappa shape index (κ3) is 3.79. The van der Waals surface area contributed by atoms with Gasteiger partial charge in [-0.1, -0.05) is 60.2 Å². The van der Waals surface area contributed by atoms with Crippen LogP contribution in [0.4, 0.5) is 6.01 Å². The number of oxazole rings is 1. The number of hydrogen-bond donors (Lipinski definition) is 0. The Morgan fingerprint density at radius 3 is 2.30 bits per heavy atom. The average molecular weight is 420 g/mol. The number of aromatic nitrogens is 1. The molecule has 0 bridgehead atoms. The first-order valence-corrected chi connectivity index (χ1v) is 10.7. The minimum absolute atomic E-state index is 0.0674. The van der Waals surface area contributed by atoms with E-state index in [2.05, 4.69) is 4.98 Å². The van der Waals surface area contributed by atoms with Crippen LogP contribution in [0.15, 0.2) is 94.4 Å². The van der Waals surface area contributed by atoms with Crippen molar-refractivity contribution in [2.45, 2.75) is 11.8 Å². The SMILES string of the molecule is CO/C(=C\N(c1nc2ccccc2o1)S(=O)(=O)c1ccc(C)cc1)c1ccccc1. The molecule has 0 spiro atoms. The van der Waals surface area contributed by atoms with E-state index in [1.54, 1.807) is 42.5 Å². The fourth-order valence-corrected chi connectivity index (χ4v) is 4.18. The van der Waals surface area contributed by atoms with Crippen molar-refractivity contribution in [2.24, 2.45) is 0 Å². The van der Waals surface area contributed by atoms with Crippen LogP contribution in [0.3, 0.4) is 0 Å². The van der Waals surface area contributed by atoms with E-state index in [4.69, 9.17) is 9.15 Å². The Bertz CT molecular complexity index is 1260. The molecule has 0 saturated heterocycles. The summed E-state index contributed by atoms with van der Waals surface area (Å²) in [5.74, 6) is 0.355. The van der Waals surface area contributed by atoms with Crippen LogP contribution in [0.2, 0.25) is 0 Å². The van der Waals surface area contributed by atoms with E-state index >= 15 is 0 Å². The van der Waals surface area contributed by atoms with Gasteiger partial charge in [0.25, 0.3) is 10.0 Å². The molecule has 0 atom stereocenters. The van der Waals surface area contributed by atoms with Gasteiger partial charge in [-0.25, -0.2) is 8.42 Å². The van der Waals surface area contributed by atoms with E-state index < -0.39 is 10.0 Å². The first-order valence-electron chi connectivity index (χ1n) is 9.27. The summed E-state index contributed by atoms with van der Waals surface area (Å²) in [6.45, 7) is 1.90. The number of anilines is 1. The lowest BCUT2D eigenvalue weighted by Crippen LogP contribution is -2.26. The topological polar surface area (TPSA) is 72.6 Å². The summed E-state index contributed by atoms with van der Waals surface area (Å²) < 4.78 is 39.4. The van der Waals surface area contributed by atoms with Gasteiger partial charge in [0, 0.05) is 5.56 Å². The van der Waals surface area contributed by atoms with Crippen LogP contribution in [0.1, 0.15) is 11.1 Å². The Morgan fingerprint density at radius 2 is 1.63 bits per heavy atom. The zero-order chi connectivity index (χ0) is 21.1. The number of hydrogen-bond acceptors (Lipinski definition) is 5. The number of aryl methyl sites for hydroxylation is 1. The normalized spacial score (nSPS) is 12.1. The maximum Gasteiger partial charge on any atom is 0.317 e. The van der Waals surface area contributed by atoms with Gasteiger partial charge in [-0.05, 0) is 31.2 Å². The molecule has 4 aromatic rings. The molecule has 152 valence electrons. The number of nitrogens with zero attached hydrogens (tertiary/aromatic N) is 2. The third-order valence-electron chi connectivity index (χ3n) is 4.56. The first-order chi connectivity index (χ1) is 14.5. The van der Waals surface area contributed by atoms with E-state index in [9.17, 15) is 8.42 Å². The second kappa shape index (κ2) is 8.04. The van der Waals surface area contributed by atoms with Gasteiger partial charge in [0.2, 0.25) is 0 Å². The zero-order valence-corrected chi connectivity index (χ0v) is 17.3. The smallest absolute Gasteiger partial charge is 0.317 e. The second-order valence-corrected chi connectivity index (χ2v) is 8.46. The average Bonchev–Trinajstić information content (AvgIpc) is 3.19. The van der Waals surface area contributed by atoms with Crippen LogP contribution in [0.5, 0.6) is 0 Å². The summed E-state index contributed by atoms with van der Waals surface area (Å²) in [4.78, 5) is 4.50. The largest absolute Gasteiger partial charge is 0.495 e. The minimum Gasteiger partial charge on any atom is -0.495 e. The van der Waals surface area contributed by atoms with Crippen molar-refractivity contribution < 1.29 is 17.6 Å². The van der Waals surface area contributed by atoms with Crippen molar-refractivity contribution >= 4 is 32.9 Å². The van der Waals surface area contributed by atoms with Crippen LogP contribution in [0, 0.1) is 6.92 Å². The number of benzene rings is 3. The zero-order valence-electron chi connectivity index (χ0n) is 16.5. The Kier molecular flexibility index (Phi) is 5.29. The van der Waals surface area contributed by atoms with Gasteiger partial charge < -0.3 is 9.15 Å². The molecule has 0 unspecified atom stereocenters. The Hall–Kier alpha value is -3.58. The molecular weight excluding hydrogens is 400 g/mol. The lowest BCUT2D eigenvalue weighted by Gasteiger charge is -2.18. The van der Waals surface area contributed by atoms with E-state index in [0.29, 0.717) is 16.9 Å². The molecule has 1 aromatic heterocycles. The fraction of sp³-hybridized carbons (Fsp3) is 0.0870. The third-order valence-corrected chi connectivity index (χ3v) is 6.21. The fourth-order valence-electron chi connectivity index (χ4n) is 2.96. The predicted octanol–water partition coefficient (Wildman–Crippen LogP) is 4.98. The monoisotopic (exact) mass is 420 g/mol. The highest BCUT2D eigenvalue weighted by atomic mass is 32.2. The Labute approximate surface area is 175 Å². The second-order valence-electron chi connectivity index (χ2n) is 6.64. The van der Waals surface area contributed by atoms with Crippen LogP contribution in [-0.4, -0.2) is 20.5 Å². The van der Waals surface area contributed by atoms with Crippen LogP contribution in [-0.2, 0) is 14.8 Å². The van der Waals surface area contributed by atoms with Crippen molar-refractivity contribution in [1.82, 2.24) is 4.98 Å². The molecule has 0 N–H and O–H groups in total. The van der Waals surface area contributed by atoms with Crippen molar-refractivity contribution in [3.05, 3.63) is 96.2 Å². The van der Waals surface area contributed by atoms with Gasteiger partial charge in [0.1, 0.15) is 11.3 Å². The lowest BCUT2D eigenvalue weighted by molar-refractivity contribution is 0.369. The van der Waals surface area contributed by atoms with E-state index in [1.807, 2.05) is 43.3 Å². The van der Waals surface area contributed by atoms with Crippen molar-refractivity contribution in [3.63, 3.8) is 0 Å². The molecule has 1 heterocycles. The Morgan fingerprint density at radius 1 is 0.967 bits per heavy atom. The molecule has 30 heavy (non-hydrogen) atoms. The lowest BCUT2D eigenvalue weighted by atomic mass is 10.2. The molecule has 0 aliphatic carbocycles. The number of ether oxygens (including phenoxy) is 1. The maximum atomic E-state index is 13.5. The van der Waals surface area contributed by atoms with Gasteiger partial charge in [-0.2, -0.15) is 9.29 Å². The standard InChI is InChI=1S/C23H20N2O4S/c1-17-12-14-19(15-13-17)30(26,27)25(16-22(28-2)18-8-4-3-5-9-18)23-24-20-10-6-7-11-21(20)29-23/h3-16H,1-2H3/b22-16-. The van der Waals surface area contributed by atoms with Crippen LogP contribution < -0.4 is 4.31 Å². The van der Waals surface area contributed by atoms with Gasteiger partial charge in [-0.15, -0.1) is 0 Å². The van der Waals surface area contributed by atoms with Gasteiger partial charge in [-0.3, -0.25) is 0 Å². The maximum absolute atomic E-state index is 13.5. The number of rotatable bonds is 6. The summed E-state index contributed by atoms with van der Waals surface area (Å²) >= 11 is 0. The summed E-state index contributed by atoms with van der Waals surface area (Å²) in [5.41, 5.74) is 2.73. The Balaban J connectivity index is 1.90. The molecule has 0 radical (unpaired) electrons. The van der Waals surface area contributed by atoms with Crippen LogP contribution in [0.25, 0.3) is 16.9 Å². The molecule has 0 aliphatic rings. The van der Waals surface area contributed by atoms with Crippen molar-refractivity contribution in [3.8, 4) is 0 Å². The molecule has 6 nitrogen and oxygen atoms in total. The number of methoxy groups -OCH3 is 1. The molecule has 0 amide bonds. The van der Waals surface area contributed by atoms with E-state index in [-0.39, 0.29) is 10.9 Å². The van der Waals surface area contributed by atoms with Crippen molar-refractivity contribution in [2.75, 3.05) is 11.4 Å². The molecule has 0 fully saturated rings. The molecule has 7 heteroatoms. The van der Waals surface area contributed by atoms with E-state index in [1.165, 1.54) is 13.3 Å². The molecule has 0 aliphatic heterocycles. The molecule has 0 saturated carbocycles. The number of fused-ring (bicyclic) bond motifs is 1. The number of para-hydroxylation sites is 2.